The fraction of sp³-hybridized carbons (Fsp3) is 0.462. The van der Waals surface area contributed by atoms with E-state index in [1.165, 1.54) is 11.8 Å². The molecule has 1 fully saturated rings. The fourth-order valence-corrected chi connectivity index (χ4v) is 2.12. The van der Waals surface area contributed by atoms with Crippen LogP contribution in [0.2, 0.25) is 0 Å². The van der Waals surface area contributed by atoms with Crippen molar-refractivity contribution in [1.82, 2.24) is 4.90 Å². The van der Waals surface area contributed by atoms with Gasteiger partial charge in [0.1, 0.15) is 5.60 Å². The number of rotatable bonds is 2. The minimum absolute atomic E-state index is 0.182. The van der Waals surface area contributed by atoms with Gasteiger partial charge in [0, 0.05) is 13.1 Å². The highest BCUT2D eigenvalue weighted by Crippen LogP contribution is 2.28. The lowest BCUT2D eigenvalue weighted by atomic mass is 9.89. The lowest BCUT2D eigenvalue weighted by Gasteiger charge is -2.43. The van der Waals surface area contributed by atoms with Gasteiger partial charge in [-0.3, -0.25) is 4.79 Å². The Morgan fingerprint density at radius 2 is 1.83 bits per heavy atom. The summed E-state index contributed by atoms with van der Waals surface area (Å²) in [6, 6.07) is 9.22. The van der Waals surface area contributed by atoms with Gasteiger partial charge in [0.25, 0.3) is 5.91 Å². The lowest BCUT2D eigenvalue weighted by molar-refractivity contribution is -0.274. The minimum Gasteiger partial charge on any atom is -0.382 e. The lowest BCUT2D eigenvalue weighted by Crippen LogP contribution is -2.66. The smallest absolute Gasteiger partial charge is 0.291 e. The molecule has 1 saturated heterocycles. The van der Waals surface area contributed by atoms with Crippen LogP contribution in [0.4, 0.5) is 0 Å². The molecule has 1 unspecified atom stereocenters. The predicted octanol–water partition coefficient (Wildman–Crippen LogP) is -0.149. The van der Waals surface area contributed by atoms with Crippen LogP contribution in [-0.2, 0) is 11.3 Å². The number of Topliss-reactive ketones (excluding diaryl/α,β-unsaturated/α-hetero) is 1. The van der Waals surface area contributed by atoms with Crippen molar-refractivity contribution in [2.75, 3.05) is 6.54 Å². The van der Waals surface area contributed by atoms with Crippen LogP contribution >= 0.6 is 0 Å². The van der Waals surface area contributed by atoms with Gasteiger partial charge >= 0.3 is 0 Å². The molecule has 0 spiro atoms. The van der Waals surface area contributed by atoms with Gasteiger partial charge in [-0.2, -0.15) is 0 Å². The van der Waals surface area contributed by atoms with E-state index in [1.807, 2.05) is 30.3 Å². The van der Waals surface area contributed by atoms with Crippen LogP contribution in [0.25, 0.3) is 0 Å². The van der Waals surface area contributed by atoms with Gasteiger partial charge in [0.15, 0.2) is 0 Å². The zero-order valence-electron chi connectivity index (χ0n) is 10.2. The molecule has 0 bridgehead atoms. The van der Waals surface area contributed by atoms with E-state index in [1.54, 1.807) is 0 Å². The second-order valence-electron chi connectivity index (χ2n) is 4.90. The van der Waals surface area contributed by atoms with Crippen LogP contribution in [0.1, 0.15) is 18.9 Å². The Labute approximate surface area is 105 Å². The first-order chi connectivity index (χ1) is 8.34. The van der Waals surface area contributed by atoms with Crippen LogP contribution in [0.15, 0.2) is 30.3 Å². The number of nitrogens with zero attached hydrogens (tertiary/aromatic N) is 1. The predicted molar refractivity (Wildman–Crippen MR) is 64.3 cm³/mol. The Morgan fingerprint density at radius 1 is 1.22 bits per heavy atom. The number of carbonyl (C=O) groups is 1. The first-order valence-electron chi connectivity index (χ1n) is 5.85. The SMILES string of the molecule is CC1(O)CCN(Cc2ccccc2)C(O)(O)C1=O. The van der Waals surface area contributed by atoms with E-state index in [0.717, 1.165) is 5.56 Å². The molecule has 1 heterocycles. The molecule has 0 saturated carbocycles. The quantitative estimate of drug-likeness (QED) is 0.637. The summed E-state index contributed by atoms with van der Waals surface area (Å²) in [5.74, 6) is -3.59. The molecule has 0 radical (unpaired) electrons. The molecule has 0 aromatic heterocycles. The van der Waals surface area contributed by atoms with Crippen LogP contribution in [0, 0.1) is 0 Å². The number of hydrogen-bond donors (Lipinski definition) is 3. The minimum atomic E-state index is -2.61. The molecule has 98 valence electrons. The Kier molecular flexibility index (Phi) is 3.25. The third kappa shape index (κ3) is 2.30. The molecule has 5 heteroatoms. The van der Waals surface area contributed by atoms with Gasteiger partial charge in [-0.1, -0.05) is 30.3 Å². The Balaban J connectivity index is 2.18. The Bertz CT molecular complexity index is 442. The monoisotopic (exact) mass is 251 g/mol. The van der Waals surface area contributed by atoms with E-state index in [9.17, 15) is 20.1 Å². The fourth-order valence-electron chi connectivity index (χ4n) is 2.12. The normalized spacial score (nSPS) is 28.3. The van der Waals surface area contributed by atoms with E-state index in [0.29, 0.717) is 0 Å². The van der Waals surface area contributed by atoms with Gasteiger partial charge in [0.2, 0.25) is 5.78 Å². The Morgan fingerprint density at radius 3 is 2.44 bits per heavy atom. The highest BCUT2D eigenvalue weighted by molar-refractivity contribution is 5.92. The van der Waals surface area contributed by atoms with Crippen LogP contribution in [-0.4, -0.2) is 44.1 Å². The number of ketones is 1. The molecule has 1 aliphatic heterocycles. The summed E-state index contributed by atoms with van der Waals surface area (Å²) in [4.78, 5) is 13.0. The molecule has 1 aromatic rings. The molecule has 1 aromatic carbocycles. The van der Waals surface area contributed by atoms with E-state index in [2.05, 4.69) is 0 Å². The number of aliphatic hydroxyl groups is 3. The van der Waals surface area contributed by atoms with Crippen LogP contribution in [0.5, 0.6) is 0 Å². The first-order valence-corrected chi connectivity index (χ1v) is 5.85. The summed E-state index contributed by atoms with van der Waals surface area (Å²) in [6.07, 6.45) is 0.182. The summed E-state index contributed by atoms with van der Waals surface area (Å²) in [5.41, 5.74) is -0.809. The van der Waals surface area contributed by atoms with Gasteiger partial charge in [-0.05, 0) is 18.9 Å². The van der Waals surface area contributed by atoms with Crippen molar-refractivity contribution < 1.29 is 20.1 Å². The van der Waals surface area contributed by atoms with E-state index in [4.69, 9.17) is 0 Å². The highest BCUT2D eigenvalue weighted by atomic mass is 16.5. The molecule has 0 amide bonds. The maximum Gasteiger partial charge on any atom is 0.291 e. The van der Waals surface area contributed by atoms with E-state index >= 15 is 0 Å². The Hall–Kier alpha value is -1.27. The molecular weight excluding hydrogens is 234 g/mol. The van der Waals surface area contributed by atoms with E-state index in [-0.39, 0.29) is 19.5 Å². The zero-order valence-corrected chi connectivity index (χ0v) is 10.2. The summed E-state index contributed by atoms with van der Waals surface area (Å²) < 4.78 is 0. The van der Waals surface area contributed by atoms with Gasteiger partial charge in [-0.15, -0.1) is 0 Å². The standard InChI is InChI=1S/C13H17NO4/c1-12(16)7-8-14(13(17,18)11(12)15)9-10-5-3-2-4-6-10/h2-6,16-18H,7-9H2,1H3. The molecule has 1 aliphatic rings. The summed E-state index contributed by atoms with van der Waals surface area (Å²) in [5, 5.41) is 29.5. The number of hydrogen-bond acceptors (Lipinski definition) is 5. The summed E-state index contributed by atoms with van der Waals surface area (Å²) in [7, 11) is 0. The van der Waals surface area contributed by atoms with Crippen LogP contribution in [0.3, 0.4) is 0 Å². The average Bonchev–Trinajstić information content (AvgIpc) is 2.33. The molecular formula is C13H17NO4. The van der Waals surface area contributed by atoms with Crippen molar-refractivity contribution in [3.63, 3.8) is 0 Å². The van der Waals surface area contributed by atoms with Gasteiger partial charge in [0.05, 0.1) is 0 Å². The van der Waals surface area contributed by atoms with Crippen LogP contribution < -0.4 is 0 Å². The molecule has 3 N–H and O–H groups in total. The molecule has 0 aliphatic carbocycles. The van der Waals surface area contributed by atoms with Crippen molar-refractivity contribution in [3.8, 4) is 0 Å². The third-order valence-corrected chi connectivity index (χ3v) is 3.32. The third-order valence-electron chi connectivity index (χ3n) is 3.32. The largest absolute Gasteiger partial charge is 0.382 e. The maximum atomic E-state index is 11.8. The second kappa shape index (κ2) is 4.44. The van der Waals surface area contributed by atoms with Crippen molar-refractivity contribution in [2.24, 2.45) is 0 Å². The molecule has 1 atom stereocenters. The van der Waals surface area contributed by atoms with Gasteiger partial charge in [-0.25, -0.2) is 4.90 Å². The number of piperidine rings is 1. The van der Waals surface area contributed by atoms with Crippen molar-refractivity contribution in [1.29, 1.82) is 0 Å². The first kappa shape index (κ1) is 13.2. The summed E-state index contributed by atoms with van der Waals surface area (Å²) >= 11 is 0. The summed E-state index contributed by atoms with van der Waals surface area (Å²) in [6.45, 7) is 1.78. The highest BCUT2D eigenvalue weighted by Gasteiger charge is 2.53. The van der Waals surface area contributed by atoms with Crippen molar-refractivity contribution >= 4 is 5.78 Å². The van der Waals surface area contributed by atoms with Crippen molar-refractivity contribution in [2.45, 2.75) is 31.4 Å². The molecule has 18 heavy (non-hydrogen) atoms. The number of likely N-dealkylation sites (tertiary alicyclic amines) is 1. The number of carbonyl (C=O) groups excluding carboxylic acids is 1. The van der Waals surface area contributed by atoms with Crippen molar-refractivity contribution in [3.05, 3.63) is 35.9 Å². The topological polar surface area (TPSA) is 81.0 Å². The molecule has 5 nitrogen and oxygen atoms in total. The zero-order chi connectivity index (χ0) is 13.4. The molecule has 2 rings (SSSR count). The average molecular weight is 251 g/mol. The number of benzene rings is 1. The van der Waals surface area contributed by atoms with Gasteiger partial charge < -0.3 is 15.3 Å². The van der Waals surface area contributed by atoms with E-state index < -0.39 is 17.3 Å². The maximum absolute atomic E-state index is 11.8. The second-order valence-corrected chi connectivity index (χ2v) is 4.90.